The molecular weight excluding hydrogens is 422 g/mol. The lowest BCUT2D eigenvalue weighted by atomic mass is 10.1. The predicted octanol–water partition coefficient (Wildman–Crippen LogP) is 4.49. The molecule has 0 aliphatic carbocycles. The second kappa shape index (κ2) is 9.36. The van der Waals surface area contributed by atoms with Crippen molar-refractivity contribution in [2.24, 2.45) is 0 Å². The van der Waals surface area contributed by atoms with Crippen molar-refractivity contribution < 1.29 is 9.53 Å². The van der Waals surface area contributed by atoms with Crippen LogP contribution in [0.3, 0.4) is 0 Å². The van der Waals surface area contributed by atoms with Crippen LogP contribution in [0.25, 0.3) is 21.3 Å². The summed E-state index contributed by atoms with van der Waals surface area (Å²) in [5, 5.41) is 2.59. The lowest BCUT2D eigenvalue weighted by molar-refractivity contribution is -0.130. The Morgan fingerprint density at radius 3 is 2.53 bits per heavy atom. The van der Waals surface area contributed by atoms with E-state index >= 15 is 0 Å². The Kier molecular flexibility index (Phi) is 6.37. The maximum Gasteiger partial charge on any atom is 0.262 e. The van der Waals surface area contributed by atoms with Crippen LogP contribution in [-0.4, -0.2) is 34.5 Å². The Labute approximate surface area is 190 Å². The van der Waals surface area contributed by atoms with Gasteiger partial charge in [-0.3, -0.25) is 14.2 Å². The van der Waals surface area contributed by atoms with Gasteiger partial charge >= 0.3 is 0 Å². The minimum absolute atomic E-state index is 0.0307. The fourth-order valence-corrected chi connectivity index (χ4v) is 4.48. The van der Waals surface area contributed by atoms with Gasteiger partial charge in [-0.2, -0.15) is 0 Å². The zero-order chi connectivity index (χ0) is 22.7. The molecule has 32 heavy (non-hydrogen) atoms. The average molecular weight is 448 g/mol. The van der Waals surface area contributed by atoms with E-state index in [1.54, 1.807) is 19.1 Å². The van der Waals surface area contributed by atoms with Gasteiger partial charge < -0.3 is 9.64 Å². The van der Waals surface area contributed by atoms with Crippen LogP contribution < -0.4 is 10.3 Å². The molecule has 0 spiro atoms. The first-order chi connectivity index (χ1) is 15.5. The molecule has 0 N–H and O–H groups in total. The minimum atomic E-state index is -0.113. The maximum atomic E-state index is 13.2. The van der Waals surface area contributed by atoms with E-state index in [0.29, 0.717) is 16.8 Å². The fourth-order valence-electron chi connectivity index (χ4n) is 3.57. The minimum Gasteiger partial charge on any atom is -0.497 e. The van der Waals surface area contributed by atoms with Crippen molar-refractivity contribution >= 4 is 27.5 Å². The highest BCUT2D eigenvalue weighted by molar-refractivity contribution is 7.17. The lowest BCUT2D eigenvalue weighted by Crippen LogP contribution is -2.29. The number of thiophene rings is 1. The molecular formula is C25H25N3O3S. The Hall–Kier alpha value is -3.45. The zero-order valence-electron chi connectivity index (χ0n) is 18.4. The number of aryl methyl sites for hydroxylation is 2. The predicted molar refractivity (Wildman–Crippen MR) is 128 cm³/mol. The van der Waals surface area contributed by atoms with E-state index in [1.807, 2.05) is 60.8 Å². The number of hydrogen-bond donors (Lipinski definition) is 0. The van der Waals surface area contributed by atoms with Gasteiger partial charge in [0, 0.05) is 37.5 Å². The molecule has 164 valence electrons. The van der Waals surface area contributed by atoms with Gasteiger partial charge in [-0.25, -0.2) is 4.98 Å². The summed E-state index contributed by atoms with van der Waals surface area (Å²) < 4.78 is 6.70. The number of methoxy groups -OCH3 is 1. The summed E-state index contributed by atoms with van der Waals surface area (Å²) in [5.74, 6) is 0.750. The summed E-state index contributed by atoms with van der Waals surface area (Å²) in [6, 6.07) is 15.7. The molecule has 0 fully saturated rings. The molecule has 4 rings (SSSR count). The summed E-state index contributed by atoms with van der Waals surface area (Å²) in [7, 11) is 3.39. The summed E-state index contributed by atoms with van der Waals surface area (Å²) in [6.45, 7) is 2.82. The standard InChI is InChI=1S/C25H25N3O3S/c1-17-4-8-19(9-5-17)21-15-32-24-23(21)25(30)28(16-26-24)13-12-22(29)27(2)14-18-6-10-20(31-3)11-7-18/h4-11,15-16H,12-14H2,1-3H3. The van der Waals surface area contributed by atoms with Crippen LogP contribution in [0.4, 0.5) is 0 Å². The van der Waals surface area contributed by atoms with Crippen molar-refractivity contribution in [2.45, 2.75) is 26.4 Å². The van der Waals surface area contributed by atoms with Crippen molar-refractivity contribution in [1.82, 2.24) is 14.5 Å². The van der Waals surface area contributed by atoms with Crippen molar-refractivity contribution in [3.8, 4) is 16.9 Å². The van der Waals surface area contributed by atoms with E-state index in [2.05, 4.69) is 4.98 Å². The van der Waals surface area contributed by atoms with E-state index < -0.39 is 0 Å². The Balaban J connectivity index is 1.48. The Morgan fingerprint density at radius 1 is 1.12 bits per heavy atom. The third-order valence-electron chi connectivity index (χ3n) is 5.49. The van der Waals surface area contributed by atoms with Crippen LogP contribution in [-0.2, 0) is 17.9 Å². The molecule has 2 aromatic carbocycles. The normalized spacial score (nSPS) is 11.0. The number of carbonyl (C=O) groups is 1. The van der Waals surface area contributed by atoms with Crippen molar-refractivity contribution in [3.05, 3.63) is 81.7 Å². The topological polar surface area (TPSA) is 64.4 Å². The van der Waals surface area contributed by atoms with Gasteiger partial charge in [-0.05, 0) is 30.2 Å². The number of carbonyl (C=O) groups excluding carboxylic acids is 1. The van der Waals surface area contributed by atoms with Gasteiger partial charge in [0.15, 0.2) is 0 Å². The molecule has 2 aromatic heterocycles. The Morgan fingerprint density at radius 2 is 1.84 bits per heavy atom. The van der Waals surface area contributed by atoms with Crippen molar-refractivity contribution in [1.29, 1.82) is 0 Å². The monoisotopic (exact) mass is 447 g/mol. The summed E-state index contributed by atoms with van der Waals surface area (Å²) in [5.41, 5.74) is 3.95. The number of benzene rings is 2. The number of nitrogens with zero attached hydrogens (tertiary/aromatic N) is 3. The second-order valence-electron chi connectivity index (χ2n) is 7.79. The third-order valence-corrected chi connectivity index (χ3v) is 6.38. The molecule has 6 nitrogen and oxygen atoms in total. The van der Waals surface area contributed by atoms with E-state index in [0.717, 1.165) is 22.4 Å². The zero-order valence-corrected chi connectivity index (χ0v) is 19.2. The number of hydrogen-bond acceptors (Lipinski definition) is 5. The van der Waals surface area contributed by atoms with Crippen LogP contribution in [0, 0.1) is 6.92 Å². The first-order valence-electron chi connectivity index (χ1n) is 10.4. The second-order valence-corrected chi connectivity index (χ2v) is 8.64. The van der Waals surface area contributed by atoms with Crippen LogP contribution in [0.15, 0.2) is 65.0 Å². The molecule has 0 unspecified atom stereocenters. The van der Waals surface area contributed by atoms with E-state index in [-0.39, 0.29) is 24.4 Å². The number of rotatable bonds is 7. The molecule has 4 aromatic rings. The highest BCUT2D eigenvalue weighted by Crippen LogP contribution is 2.30. The van der Waals surface area contributed by atoms with E-state index in [9.17, 15) is 9.59 Å². The first kappa shape index (κ1) is 21.8. The van der Waals surface area contributed by atoms with Gasteiger partial charge in [-0.15, -0.1) is 11.3 Å². The number of ether oxygens (including phenoxy) is 1. The van der Waals surface area contributed by atoms with Crippen LogP contribution in [0.2, 0.25) is 0 Å². The molecule has 0 bridgehead atoms. The first-order valence-corrected chi connectivity index (χ1v) is 11.2. The largest absolute Gasteiger partial charge is 0.497 e. The van der Waals surface area contributed by atoms with E-state index in [4.69, 9.17) is 4.74 Å². The molecule has 0 radical (unpaired) electrons. The molecule has 0 saturated heterocycles. The van der Waals surface area contributed by atoms with Crippen LogP contribution >= 0.6 is 11.3 Å². The lowest BCUT2D eigenvalue weighted by Gasteiger charge is -2.18. The van der Waals surface area contributed by atoms with Gasteiger partial charge in [-0.1, -0.05) is 42.0 Å². The van der Waals surface area contributed by atoms with Crippen molar-refractivity contribution in [3.63, 3.8) is 0 Å². The molecule has 0 saturated carbocycles. The van der Waals surface area contributed by atoms with Gasteiger partial charge in [0.2, 0.25) is 5.91 Å². The maximum absolute atomic E-state index is 13.2. The molecule has 0 aliphatic rings. The number of aromatic nitrogens is 2. The van der Waals surface area contributed by atoms with Gasteiger partial charge in [0.1, 0.15) is 10.6 Å². The molecule has 0 aliphatic heterocycles. The van der Waals surface area contributed by atoms with Gasteiger partial charge in [0.05, 0.1) is 18.8 Å². The molecule has 1 amide bonds. The molecule has 0 atom stereocenters. The molecule has 2 heterocycles. The Bertz CT molecular complexity index is 1290. The summed E-state index contributed by atoms with van der Waals surface area (Å²) in [4.78, 5) is 32.7. The van der Waals surface area contributed by atoms with E-state index in [1.165, 1.54) is 27.8 Å². The molecule has 7 heteroatoms. The summed E-state index contributed by atoms with van der Waals surface area (Å²) >= 11 is 1.46. The highest BCUT2D eigenvalue weighted by atomic mass is 32.1. The van der Waals surface area contributed by atoms with Crippen LogP contribution in [0.5, 0.6) is 5.75 Å². The SMILES string of the molecule is COc1ccc(CN(C)C(=O)CCn2cnc3scc(-c4ccc(C)cc4)c3c2=O)cc1. The van der Waals surface area contributed by atoms with Crippen LogP contribution in [0.1, 0.15) is 17.5 Å². The van der Waals surface area contributed by atoms with Gasteiger partial charge in [0.25, 0.3) is 5.56 Å². The number of amides is 1. The average Bonchev–Trinajstić information content (AvgIpc) is 3.24. The summed E-state index contributed by atoms with van der Waals surface area (Å²) in [6.07, 6.45) is 1.76. The quantitative estimate of drug-likeness (QED) is 0.419. The third kappa shape index (κ3) is 4.57. The smallest absolute Gasteiger partial charge is 0.262 e. The van der Waals surface area contributed by atoms with Crippen molar-refractivity contribution in [2.75, 3.05) is 14.2 Å². The fraction of sp³-hybridized carbons (Fsp3) is 0.240. The highest BCUT2D eigenvalue weighted by Gasteiger charge is 2.15. The number of fused-ring (bicyclic) bond motifs is 1.